The van der Waals surface area contributed by atoms with Gasteiger partial charge in [-0.05, 0) is 94.3 Å². The number of aliphatic hydroxyl groups is 10. The Morgan fingerprint density at radius 1 is 0.729 bits per heavy atom. The maximum absolute atomic E-state index is 14.7. The summed E-state index contributed by atoms with van der Waals surface area (Å²) in [7, 11) is -4.31. The van der Waals surface area contributed by atoms with Crippen LogP contribution in [0.4, 0.5) is 0 Å². The van der Waals surface area contributed by atoms with E-state index in [2.05, 4.69) is 30.7 Å². The molecule has 480 valence electrons. The van der Waals surface area contributed by atoms with Gasteiger partial charge in [0, 0.05) is 19.4 Å². The number of cyclic esters (lactones) is 1. The van der Waals surface area contributed by atoms with Crippen LogP contribution in [0.15, 0.2) is 23.8 Å². The van der Waals surface area contributed by atoms with Crippen LogP contribution in [-0.4, -0.2) is 244 Å². The molecule has 9 rings (SSSR count). The molecule has 10 N–H and O–H groups in total. The number of fused-ring (bicyclic) bond motifs is 4. The molecule has 0 radical (unpaired) electrons. The van der Waals surface area contributed by atoms with E-state index < -0.39 is 194 Å². The van der Waals surface area contributed by atoms with Crippen molar-refractivity contribution < 1.29 is 159 Å². The van der Waals surface area contributed by atoms with Crippen LogP contribution in [0.25, 0.3) is 0 Å². The van der Waals surface area contributed by atoms with Gasteiger partial charge in [0.2, 0.25) is 10.4 Å². The minimum atomic E-state index is -5.47. The fourth-order valence-electron chi connectivity index (χ4n) is 16.7. The Bertz CT molecular complexity index is 2530. The van der Waals surface area contributed by atoms with Gasteiger partial charge < -0.3 is 108 Å². The number of ether oxygens (including phenoxy) is 11. The minimum absolute atomic E-state index is 0. The smallest absolute Gasteiger partial charge is 0.726 e. The van der Waals surface area contributed by atoms with E-state index >= 15 is 0 Å². The molecule has 3 saturated carbocycles. The molecule has 4 aliphatic carbocycles. The van der Waals surface area contributed by atoms with E-state index in [-0.39, 0.29) is 58.7 Å². The van der Waals surface area contributed by atoms with Gasteiger partial charge in [-0.15, -0.1) is 6.58 Å². The molecule has 8 fully saturated rings. The maximum Gasteiger partial charge on any atom is 1.00 e. The zero-order valence-corrected chi connectivity index (χ0v) is 52.5. The van der Waals surface area contributed by atoms with Crippen LogP contribution in [0.5, 0.6) is 0 Å². The second kappa shape index (κ2) is 26.3. The summed E-state index contributed by atoms with van der Waals surface area (Å²) >= 11 is 0. The van der Waals surface area contributed by atoms with Gasteiger partial charge in [-0.2, -0.15) is 0 Å². The summed E-state index contributed by atoms with van der Waals surface area (Å²) in [6, 6.07) is 0. The Hall–Kier alpha value is -1.47. The van der Waals surface area contributed by atoms with E-state index in [1.165, 1.54) is 6.92 Å². The normalized spacial score (nSPS) is 48.6. The number of carbonyl (C=O) groups is 2. The second-order valence-corrected chi connectivity index (χ2v) is 27.0. The molecule has 27 nitrogen and oxygen atoms in total. The minimum Gasteiger partial charge on any atom is -0.726 e. The molecule has 0 aromatic rings. The average molecular weight is 1250 g/mol. The van der Waals surface area contributed by atoms with Crippen molar-refractivity contribution in [3.05, 3.63) is 23.8 Å². The third kappa shape index (κ3) is 12.4. The Balaban J connectivity index is 0.00000940. The quantitative estimate of drug-likeness (QED) is 0.0192. The summed E-state index contributed by atoms with van der Waals surface area (Å²) < 4.78 is 106. The fraction of sp³-hybridized carbons (Fsp3) is 0.893. The van der Waals surface area contributed by atoms with Crippen LogP contribution in [0, 0.1) is 39.4 Å². The van der Waals surface area contributed by atoms with Crippen LogP contribution in [0.3, 0.4) is 0 Å². The molecular formula is C56H87NaO27S. The summed E-state index contributed by atoms with van der Waals surface area (Å²) in [6.07, 6.45) is -27.8. The van der Waals surface area contributed by atoms with Crippen molar-refractivity contribution in [2.24, 2.45) is 39.4 Å². The predicted molar refractivity (Wildman–Crippen MR) is 281 cm³/mol. The Kier molecular flexibility index (Phi) is 21.4. The summed E-state index contributed by atoms with van der Waals surface area (Å²) in [6.45, 7) is 14.5. The number of hydrogen-bond donors (Lipinski definition) is 10. The molecule has 0 bridgehead atoms. The third-order valence-electron chi connectivity index (χ3n) is 20.7. The SMILES string of the molecule is C=C(C)CCC[C@]1(C)OC(=O)[C@]23CC[C@H]4C(=CC[C@H]5C(C)(C)[C@@H](O[C@@H]6OC[C@@H](OS(=O)(=O)[O-])[C@H](O)[C@H]6O[C@@H]6O[C@H](CO)[C@@H](O[C@@H]7O[C@H](CO)[C@@H](O)[C@H](O[C@@H]8O[C@H](CO)[C@@H](O)[C@H](OC)[C@H]8O)[C@H]7O)[C@H](O)[C@H]6O)CC[C@]45C)[C@]2(C)C[C@H](OC(C)=O)[C@@H]31.[Na+]. The van der Waals surface area contributed by atoms with Crippen molar-refractivity contribution in [3.63, 3.8) is 0 Å². The maximum atomic E-state index is 14.7. The summed E-state index contributed by atoms with van der Waals surface area (Å²) in [5, 5.41) is 110. The van der Waals surface area contributed by atoms with E-state index in [1.54, 1.807) is 0 Å². The summed E-state index contributed by atoms with van der Waals surface area (Å²) in [5.74, 6) is -1.13. The van der Waals surface area contributed by atoms with Gasteiger partial charge in [-0.1, -0.05) is 44.9 Å². The Morgan fingerprint density at radius 2 is 1.31 bits per heavy atom. The van der Waals surface area contributed by atoms with Crippen molar-refractivity contribution in [2.75, 3.05) is 33.5 Å². The van der Waals surface area contributed by atoms with Crippen molar-refractivity contribution in [1.82, 2.24) is 0 Å². The third-order valence-corrected chi connectivity index (χ3v) is 21.2. The van der Waals surface area contributed by atoms with Gasteiger partial charge in [0.05, 0.1) is 43.9 Å². The number of hydrogen-bond acceptors (Lipinski definition) is 27. The number of esters is 2. The van der Waals surface area contributed by atoms with Gasteiger partial charge in [-0.25, -0.2) is 8.42 Å². The number of aliphatic hydroxyl groups excluding tert-OH is 10. The van der Waals surface area contributed by atoms with Crippen LogP contribution >= 0.6 is 0 Å². The van der Waals surface area contributed by atoms with E-state index in [0.717, 1.165) is 31.1 Å². The number of methoxy groups -OCH3 is 1. The molecule has 5 aliphatic heterocycles. The van der Waals surface area contributed by atoms with Crippen molar-refractivity contribution in [2.45, 2.75) is 241 Å². The first-order valence-electron chi connectivity index (χ1n) is 29.1. The molecule has 1 spiro atoms. The largest absolute Gasteiger partial charge is 1.00 e. The number of carbonyl (C=O) groups excluding carboxylic acids is 2. The molecule has 9 aliphatic rings. The van der Waals surface area contributed by atoms with E-state index in [4.69, 9.17) is 52.1 Å². The van der Waals surface area contributed by atoms with Gasteiger partial charge in [0.25, 0.3) is 0 Å². The van der Waals surface area contributed by atoms with Gasteiger partial charge >= 0.3 is 41.5 Å². The molecule has 0 aromatic carbocycles. The van der Waals surface area contributed by atoms with Crippen molar-refractivity contribution >= 4 is 22.3 Å². The molecule has 85 heavy (non-hydrogen) atoms. The number of rotatable bonds is 19. The first-order valence-corrected chi connectivity index (χ1v) is 30.4. The standard InChI is InChI=1S/C56H88O27S.Na/c1-24(2)11-10-16-55(8)46-28(74-25(3)60)19-54(7)27-12-13-33-52(4,5)34(15-17-53(33,6)26(27)14-18-56(46,54)51(68)82-55)78-50-45(37(63)32(23-73-50)83-84(69,70)71)81-47-39(65)38(64)42(31(22-59)77-47)79-49-41(67)44(36(62)30(21-58)76-49)80-48-40(66)43(72-9)35(61)29(20-57)75-48;/h12,26,28-50,57-59,61-67H,1,10-11,13-23H2,2-9H3,(H,69,70,71);/q;+1/p-1/t26-,28-,29+,30+,31+,32+,33-,34-,35+,36+,37-,38+,39+,40+,41+,42+,43-,44-,45+,46+,47-,48-,49-,50-,53+,54-,55-,56+;/m0./s1. The van der Waals surface area contributed by atoms with Gasteiger partial charge in [0.1, 0.15) is 103 Å². The zero-order chi connectivity index (χ0) is 61.6. The molecule has 5 saturated heterocycles. The first-order chi connectivity index (χ1) is 39.4. The summed E-state index contributed by atoms with van der Waals surface area (Å²) in [4.78, 5) is 27.4. The van der Waals surface area contributed by atoms with Gasteiger partial charge in [-0.3, -0.25) is 13.8 Å². The van der Waals surface area contributed by atoms with E-state index in [0.29, 0.717) is 44.9 Å². The molecule has 0 amide bonds. The Morgan fingerprint density at radius 3 is 1.89 bits per heavy atom. The first kappa shape index (κ1) is 69.4. The zero-order valence-electron chi connectivity index (χ0n) is 49.7. The van der Waals surface area contributed by atoms with Crippen molar-refractivity contribution in [3.8, 4) is 0 Å². The molecule has 0 aromatic heterocycles. The van der Waals surface area contributed by atoms with Crippen LogP contribution < -0.4 is 29.6 Å². The molecular weight excluding hydrogens is 1160 g/mol. The molecule has 5 heterocycles. The van der Waals surface area contributed by atoms with E-state index in [1.807, 2.05) is 27.7 Å². The van der Waals surface area contributed by atoms with Gasteiger partial charge in [0.15, 0.2) is 25.2 Å². The van der Waals surface area contributed by atoms with Crippen molar-refractivity contribution in [1.29, 1.82) is 0 Å². The second-order valence-electron chi connectivity index (χ2n) is 26.0. The van der Waals surface area contributed by atoms with Crippen LogP contribution in [0.1, 0.15) is 106 Å². The van der Waals surface area contributed by atoms with Crippen LogP contribution in [0.2, 0.25) is 0 Å². The molecule has 0 unspecified atom stereocenters. The monoisotopic (exact) mass is 1250 g/mol. The fourth-order valence-corrected chi connectivity index (χ4v) is 17.1. The Labute approximate surface area is 516 Å². The summed E-state index contributed by atoms with van der Waals surface area (Å²) in [5.41, 5.74) is -1.39. The number of allylic oxidation sites excluding steroid dienone is 3. The average Bonchev–Trinajstić information content (AvgIpc) is 1.54. The predicted octanol–water partition coefficient (Wildman–Crippen LogP) is -4.39. The van der Waals surface area contributed by atoms with E-state index in [9.17, 15) is 73.6 Å². The van der Waals surface area contributed by atoms with Crippen LogP contribution in [-0.2, 0) is 76.3 Å². The molecule has 29 heteroatoms. The molecule has 28 atom stereocenters. The topological polar surface area (TPSA) is 404 Å².